The van der Waals surface area contributed by atoms with E-state index in [-0.39, 0.29) is 17.1 Å². The molecule has 0 fully saturated rings. The Labute approximate surface area is 227 Å². The Morgan fingerprint density at radius 2 is 0.923 bits per heavy atom. The van der Waals surface area contributed by atoms with Gasteiger partial charge in [-0.25, -0.2) is 9.97 Å². The Hall–Kier alpha value is -3.39. The van der Waals surface area contributed by atoms with E-state index >= 15 is 0 Å². The van der Waals surface area contributed by atoms with Crippen LogP contribution >= 0.6 is 0 Å². The maximum absolute atomic E-state index is 9.75. The summed E-state index contributed by atoms with van der Waals surface area (Å²) in [7, 11) is -7.98. The summed E-state index contributed by atoms with van der Waals surface area (Å²) in [6, 6.07) is 12.1. The van der Waals surface area contributed by atoms with E-state index in [4.69, 9.17) is 19.9 Å². The number of nitrogens with zero attached hydrogens (tertiary/aromatic N) is 4. The third kappa shape index (κ3) is 10.0. The summed E-state index contributed by atoms with van der Waals surface area (Å²) in [6.07, 6.45) is 8.09. The van der Waals surface area contributed by atoms with E-state index in [1.54, 1.807) is 0 Å². The van der Waals surface area contributed by atoms with Crippen LogP contribution in [0.1, 0.15) is 22.8 Å². The minimum atomic E-state index is -6.00. The van der Waals surface area contributed by atoms with Crippen molar-refractivity contribution in [1.29, 1.82) is 0 Å². The van der Waals surface area contributed by atoms with E-state index < -0.39 is 14.5 Å². The first-order valence-electron chi connectivity index (χ1n) is 11.1. The van der Waals surface area contributed by atoms with Gasteiger partial charge in [0.25, 0.3) is 0 Å². The summed E-state index contributed by atoms with van der Waals surface area (Å²) in [4.78, 5) is 19.1. The van der Waals surface area contributed by atoms with Gasteiger partial charge in [-0.2, -0.15) is 0 Å². The average molecular weight is 598 g/mol. The van der Waals surface area contributed by atoms with Crippen molar-refractivity contribution >= 4 is 72.3 Å². The molecule has 2 aliphatic heterocycles. The number of hydrogen-bond donors (Lipinski definition) is 2. The SMILES string of the molecule is C[NH2+]c1c2nc(cc3ccc([n-]3)c([NH2+]C)c3nc(cc4ccc1[n-]4)C=C3)C=C2.F[B-](F)(F)F.F[B-](F)(F)F.[Fe+2]. The smallest absolute Gasteiger partial charge is 0.653 e. The molecule has 6 nitrogen and oxygen atoms in total. The van der Waals surface area contributed by atoms with E-state index in [0.717, 1.165) is 56.2 Å². The predicted molar refractivity (Wildman–Crippen MR) is 132 cm³/mol. The quantitative estimate of drug-likeness (QED) is 0.236. The molecular formula is C22H20B2F8FeN6. The van der Waals surface area contributed by atoms with Gasteiger partial charge in [0.05, 0.1) is 25.5 Å². The normalized spacial score (nSPS) is 12.2. The van der Waals surface area contributed by atoms with Gasteiger partial charge < -0.3 is 55.1 Å². The fourth-order valence-corrected chi connectivity index (χ4v) is 3.59. The molecular weight excluding hydrogens is 578 g/mol. The third-order valence-corrected chi connectivity index (χ3v) is 4.92. The van der Waals surface area contributed by atoms with Crippen LogP contribution in [-0.2, 0) is 17.1 Å². The van der Waals surface area contributed by atoms with E-state index in [2.05, 4.69) is 10.6 Å². The first-order valence-corrected chi connectivity index (χ1v) is 11.1. The summed E-state index contributed by atoms with van der Waals surface area (Å²) in [5.41, 5.74) is 9.27. The van der Waals surface area contributed by atoms with Crippen LogP contribution in [0, 0.1) is 0 Å². The molecule has 208 valence electrons. The fraction of sp³-hybridized carbons (Fsp3) is 0.0909. The summed E-state index contributed by atoms with van der Waals surface area (Å²) in [6.45, 7) is 0. The van der Waals surface area contributed by atoms with Gasteiger partial charge in [0.2, 0.25) is 0 Å². The van der Waals surface area contributed by atoms with Crippen LogP contribution in [0.4, 0.5) is 45.9 Å². The van der Waals surface area contributed by atoms with Crippen LogP contribution in [0.5, 0.6) is 0 Å². The molecule has 5 rings (SSSR count). The Kier molecular flexibility index (Phi) is 10.7. The summed E-state index contributed by atoms with van der Waals surface area (Å²) in [5.74, 6) is 0. The molecule has 39 heavy (non-hydrogen) atoms. The first-order chi connectivity index (χ1) is 17.7. The second kappa shape index (κ2) is 13.1. The Bertz CT molecular complexity index is 1390. The molecule has 3 aromatic rings. The van der Waals surface area contributed by atoms with Crippen molar-refractivity contribution < 1.29 is 62.2 Å². The van der Waals surface area contributed by atoms with Crippen LogP contribution in [0.3, 0.4) is 0 Å². The molecule has 0 radical (unpaired) electrons. The van der Waals surface area contributed by atoms with Gasteiger partial charge in [-0.15, -0.1) is 11.0 Å². The van der Waals surface area contributed by atoms with Crippen molar-refractivity contribution in [3.05, 3.63) is 59.2 Å². The molecule has 3 aromatic heterocycles. The standard InChI is InChI=1S/C22H18N6.2BF4.Fe/c1-23-21-17-7-3-13(25-17)11-15-5-9-19(27-15)22(24-2)20-10-6-16(28-20)12-14-4-8-18(21)26-14;2*2-1(3,4)5;/h3-12,23-24H,1-2H3;;;/q-2;2*-1;+2/p+2. The topological polar surface area (TPSA) is 87.2 Å². The van der Waals surface area contributed by atoms with E-state index in [1.165, 1.54) is 0 Å². The minimum absolute atomic E-state index is 0. The van der Waals surface area contributed by atoms with Gasteiger partial charge in [0, 0.05) is 0 Å². The van der Waals surface area contributed by atoms with Gasteiger partial charge in [-0.1, -0.05) is 47.4 Å². The number of halogens is 8. The van der Waals surface area contributed by atoms with Gasteiger partial charge in [-0.05, 0) is 24.3 Å². The molecule has 0 saturated carbocycles. The zero-order chi connectivity index (χ0) is 28.1. The third-order valence-electron chi connectivity index (χ3n) is 4.92. The summed E-state index contributed by atoms with van der Waals surface area (Å²) >= 11 is 0. The second-order valence-electron chi connectivity index (χ2n) is 7.70. The zero-order valence-electron chi connectivity index (χ0n) is 20.2. The van der Waals surface area contributed by atoms with Crippen molar-refractivity contribution in [1.82, 2.24) is 19.9 Å². The number of fused-ring (bicyclic) bond motifs is 8. The molecule has 8 bridgehead atoms. The average Bonchev–Trinajstić information content (AvgIpc) is 3.57. The Balaban J connectivity index is 0.000000419. The van der Waals surface area contributed by atoms with Crippen LogP contribution < -0.4 is 20.6 Å². The molecule has 0 atom stereocenters. The van der Waals surface area contributed by atoms with Gasteiger partial charge >= 0.3 is 31.6 Å². The van der Waals surface area contributed by atoms with Crippen LogP contribution in [-0.4, -0.2) is 38.6 Å². The van der Waals surface area contributed by atoms with Crippen molar-refractivity contribution in [3.63, 3.8) is 0 Å². The van der Waals surface area contributed by atoms with Crippen molar-refractivity contribution in [2.75, 3.05) is 14.1 Å². The number of rotatable bonds is 2. The molecule has 17 heteroatoms. The van der Waals surface area contributed by atoms with Crippen molar-refractivity contribution in [2.45, 2.75) is 0 Å². The molecule has 5 heterocycles. The summed E-state index contributed by atoms with van der Waals surface area (Å²) in [5, 5.41) is 4.11. The number of hydrogen-bond acceptors (Lipinski definition) is 2. The maximum Gasteiger partial charge on any atom is 2.00 e. The molecule has 0 spiro atoms. The minimum Gasteiger partial charge on any atom is -0.653 e. The number of quaternary nitrogens is 2. The molecule has 0 saturated heterocycles. The molecule has 4 N–H and O–H groups in total. The number of nitrogens with two attached hydrogens (primary N) is 2. The number of aromatic nitrogens is 4. The molecule has 0 unspecified atom stereocenters. The Morgan fingerprint density at radius 3 is 1.23 bits per heavy atom. The molecule has 0 aromatic carbocycles. The first kappa shape index (κ1) is 31.8. The van der Waals surface area contributed by atoms with Crippen LogP contribution in [0.25, 0.3) is 46.4 Å². The van der Waals surface area contributed by atoms with Crippen LogP contribution in [0.15, 0.2) is 36.4 Å². The second-order valence-corrected chi connectivity index (χ2v) is 7.70. The van der Waals surface area contributed by atoms with Gasteiger partial charge in [0.15, 0.2) is 0 Å². The largest absolute Gasteiger partial charge is 2.00 e. The van der Waals surface area contributed by atoms with E-state index in [9.17, 15) is 34.5 Å². The van der Waals surface area contributed by atoms with Gasteiger partial charge in [0.1, 0.15) is 22.8 Å². The molecule has 2 aliphatic rings. The van der Waals surface area contributed by atoms with E-state index in [1.807, 2.05) is 74.8 Å². The monoisotopic (exact) mass is 598 g/mol. The fourth-order valence-electron chi connectivity index (χ4n) is 3.59. The molecule has 0 amide bonds. The summed E-state index contributed by atoms with van der Waals surface area (Å²) < 4.78 is 78.0. The predicted octanol–water partition coefficient (Wildman–Crippen LogP) is 4.16. The van der Waals surface area contributed by atoms with Crippen LogP contribution in [0.2, 0.25) is 0 Å². The van der Waals surface area contributed by atoms with Gasteiger partial charge in [-0.3, -0.25) is 0 Å². The zero-order valence-corrected chi connectivity index (χ0v) is 21.4. The Morgan fingerprint density at radius 1 is 0.590 bits per heavy atom. The van der Waals surface area contributed by atoms with E-state index in [0.29, 0.717) is 0 Å². The molecule has 0 aliphatic carbocycles. The maximum atomic E-state index is 9.75. The van der Waals surface area contributed by atoms with Crippen molar-refractivity contribution in [2.24, 2.45) is 0 Å². The van der Waals surface area contributed by atoms with Crippen molar-refractivity contribution in [3.8, 4) is 0 Å².